The Hall–Kier alpha value is -1.44. The second-order valence-corrected chi connectivity index (χ2v) is 5.58. The molecule has 19 heavy (non-hydrogen) atoms. The van der Waals surface area contributed by atoms with Crippen molar-refractivity contribution in [1.29, 1.82) is 0 Å². The van der Waals surface area contributed by atoms with Gasteiger partial charge in [-0.3, -0.25) is 4.79 Å². The lowest BCUT2D eigenvalue weighted by Gasteiger charge is -2.06. The first-order chi connectivity index (χ1) is 9.06. The van der Waals surface area contributed by atoms with Crippen LogP contribution in [0.4, 0.5) is 0 Å². The molecule has 0 bridgehead atoms. The third-order valence-electron chi connectivity index (χ3n) is 2.50. The molecule has 1 aromatic carbocycles. The van der Waals surface area contributed by atoms with Crippen LogP contribution >= 0.6 is 27.3 Å². The fourth-order valence-electron chi connectivity index (χ4n) is 1.56. The predicted octanol–water partition coefficient (Wildman–Crippen LogP) is 2.19. The summed E-state index contributed by atoms with van der Waals surface area (Å²) >= 11 is 4.48. The van der Waals surface area contributed by atoms with Crippen LogP contribution in [0.3, 0.4) is 0 Å². The Bertz CT molecular complexity index is 650. The molecule has 0 aliphatic carbocycles. The predicted molar refractivity (Wildman–Crippen MR) is 76.6 cm³/mol. The maximum Gasteiger partial charge on any atom is 0.335 e. The first-order valence-electron chi connectivity index (χ1n) is 5.45. The van der Waals surface area contributed by atoms with Gasteiger partial charge in [0.2, 0.25) is 0 Å². The van der Waals surface area contributed by atoms with Crippen LogP contribution in [0, 0.1) is 0 Å². The van der Waals surface area contributed by atoms with Crippen LogP contribution in [0.25, 0.3) is 0 Å². The fraction of sp³-hybridized carbons (Fsp3) is 0.167. The molecule has 3 N–H and O–H groups in total. The molecular weight excluding hydrogens is 332 g/mol. The van der Waals surface area contributed by atoms with Gasteiger partial charge in [-0.2, -0.15) is 0 Å². The number of aromatic amines is 1. The summed E-state index contributed by atoms with van der Waals surface area (Å²) in [5.41, 5.74) is 2.05. The van der Waals surface area contributed by atoms with Crippen LogP contribution < -0.4 is 10.2 Å². The third-order valence-corrected chi connectivity index (χ3v) is 3.96. The topological polar surface area (TPSA) is 82.2 Å². The third kappa shape index (κ3) is 3.76. The Morgan fingerprint density at radius 1 is 1.42 bits per heavy atom. The van der Waals surface area contributed by atoms with Crippen molar-refractivity contribution < 1.29 is 9.90 Å². The lowest BCUT2D eigenvalue weighted by Crippen LogP contribution is -2.14. The molecule has 0 saturated carbocycles. The van der Waals surface area contributed by atoms with E-state index in [-0.39, 0.29) is 10.4 Å². The first kappa shape index (κ1) is 14.0. The number of thiazole rings is 1. The molecule has 1 heterocycles. The van der Waals surface area contributed by atoms with Crippen LogP contribution in [0.5, 0.6) is 0 Å². The van der Waals surface area contributed by atoms with Crippen molar-refractivity contribution in [3.63, 3.8) is 0 Å². The average Bonchev–Trinajstić information content (AvgIpc) is 2.77. The van der Waals surface area contributed by atoms with Gasteiger partial charge in [0.25, 0.3) is 0 Å². The second kappa shape index (κ2) is 6.14. The van der Waals surface area contributed by atoms with Gasteiger partial charge >= 0.3 is 10.8 Å². The highest BCUT2D eigenvalue weighted by Gasteiger charge is 2.06. The van der Waals surface area contributed by atoms with E-state index in [1.165, 1.54) is 0 Å². The van der Waals surface area contributed by atoms with E-state index < -0.39 is 5.97 Å². The van der Waals surface area contributed by atoms with E-state index in [1.54, 1.807) is 23.6 Å². The van der Waals surface area contributed by atoms with E-state index in [9.17, 15) is 9.59 Å². The summed E-state index contributed by atoms with van der Waals surface area (Å²) in [5.74, 6) is -0.948. The normalized spacial score (nSPS) is 10.6. The Morgan fingerprint density at radius 3 is 2.79 bits per heavy atom. The van der Waals surface area contributed by atoms with Gasteiger partial charge in [-0.25, -0.2) is 4.79 Å². The van der Waals surface area contributed by atoms with Gasteiger partial charge in [-0.05, 0) is 17.7 Å². The molecule has 100 valence electrons. The molecule has 0 saturated heterocycles. The summed E-state index contributed by atoms with van der Waals surface area (Å²) < 4.78 is 0.749. The van der Waals surface area contributed by atoms with E-state index in [2.05, 4.69) is 26.2 Å². The molecule has 5 nitrogen and oxygen atoms in total. The van der Waals surface area contributed by atoms with Crippen molar-refractivity contribution in [2.24, 2.45) is 0 Å². The van der Waals surface area contributed by atoms with Gasteiger partial charge in [0, 0.05) is 28.6 Å². The average molecular weight is 343 g/mol. The highest BCUT2D eigenvalue weighted by Crippen LogP contribution is 2.18. The van der Waals surface area contributed by atoms with Gasteiger partial charge in [0.15, 0.2) is 0 Å². The smallest absolute Gasteiger partial charge is 0.335 e. The molecule has 0 amide bonds. The van der Waals surface area contributed by atoms with Crippen molar-refractivity contribution >= 4 is 33.2 Å². The van der Waals surface area contributed by atoms with E-state index >= 15 is 0 Å². The zero-order valence-corrected chi connectivity index (χ0v) is 12.2. The summed E-state index contributed by atoms with van der Waals surface area (Å²) in [4.78, 5) is 24.4. The Labute approximate surface area is 121 Å². The quantitative estimate of drug-likeness (QED) is 0.777. The largest absolute Gasteiger partial charge is 0.478 e. The molecular formula is C12H11BrN2O3S. The maximum atomic E-state index is 11.0. The van der Waals surface area contributed by atoms with E-state index in [1.807, 2.05) is 0 Å². The molecule has 0 spiro atoms. The molecule has 0 radical (unpaired) electrons. The van der Waals surface area contributed by atoms with Crippen LogP contribution in [0.2, 0.25) is 0 Å². The minimum Gasteiger partial charge on any atom is -0.478 e. The number of halogens is 1. The van der Waals surface area contributed by atoms with Crippen LogP contribution in [-0.2, 0) is 13.1 Å². The zero-order valence-electron chi connectivity index (χ0n) is 9.77. The van der Waals surface area contributed by atoms with Gasteiger partial charge in [0.05, 0.1) is 5.56 Å². The standard InChI is InChI=1S/C12H11BrN2O3S/c13-10-3-7(11(16)17)1-2-8(10)4-14-5-9-6-19-12(18)15-9/h1-3,6,14H,4-5H2,(H,15,18)(H,16,17). The van der Waals surface area contributed by atoms with Crippen molar-refractivity contribution in [1.82, 2.24) is 10.3 Å². The van der Waals surface area contributed by atoms with E-state index in [0.29, 0.717) is 13.1 Å². The van der Waals surface area contributed by atoms with E-state index in [4.69, 9.17) is 5.11 Å². The van der Waals surface area contributed by atoms with Crippen LogP contribution in [0.15, 0.2) is 32.8 Å². The van der Waals surface area contributed by atoms with Gasteiger partial charge in [-0.1, -0.05) is 33.3 Å². The number of carboxylic acids is 1. The number of aromatic carboxylic acids is 1. The number of rotatable bonds is 5. The molecule has 0 atom stereocenters. The van der Waals surface area contributed by atoms with Crippen molar-refractivity contribution in [2.75, 3.05) is 0 Å². The highest BCUT2D eigenvalue weighted by atomic mass is 79.9. The van der Waals surface area contributed by atoms with Crippen molar-refractivity contribution in [3.05, 3.63) is 54.5 Å². The Kier molecular flexibility index (Phi) is 4.52. The number of nitrogens with one attached hydrogen (secondary N) is 2. The summed E-state index contributed by atoms with van der Waals surface area (Å²) in [5, 5.41) is 13.8. The lowest BCUT2D eigenvalue weighted by molar-refractivity contribution is 0.0697. The summed E-state index contributed by atoms with van der Waals surface area (Å²) in [6.45, 7) is 1.14. The number of carboxylic acid groups (broad SMARTS) is 1. The number of H-pyrrole nitrogens is 1. The van der Waals surface area contributed by atoms with Crippen LogP contribution in [0.1, 0.15) is 21.6 Å². The second-order valence-electron chi connectivity index (χ2n) is 3.89. The van der Waals surface area contributed by atoms with E-state index in [0.717, 1.165) is 27.1 Å². The molecule has 0 fully saturated rings. The minimum atomic E-state index is -0.948. The maximum absolute atomic E-state index is 11.0. The number of benzene rings is 1. The number of hydrogen-bond acceptors (Lipinski definition) is 4. The van der Waals surface area contributed by atoms with Crippen LogP contribution in [-0.4, -0.2) is 16.1 Å². The number of hydrogen-bond donors (Lipinski definition) is 3. The molecule has 7 heteroatoms. The molecule has 0 unspecified atom stereocenters. The highest BCUT2D eigenvalue weighted by molar-refractivity contribution is 9.10. The zero-order chi connectivity index (χ0) is 13.8. The summed E-state index contributed by atoms with van der Waals surface area (Å²) in [7, 11) is 0. The molecule has 2 rings (SSSR count). The summed E-state index contributed by atoms with van der Waals surface area (Å²) in [6.07, 6.45) is 0. The molecule has 0 aliphatic rings. The molecule has 2 aromatic rings. The Morgan fingerprint density at radius 2 is 2.21 bits per heavy atom. The fourth-order valence-corrected chi connectivity index (χ4v) is 2.66. The van der Waals surface area contributed by atoms with Crippen molar-refractivity contribution in [2.45, 2.75) is 13.1 Å². The Balaban J connectivity index is 1.96. The molecule has 0 aliphatic heterocycles. The minimum absolute atomic E-state index is 0.0659. The van der Waals surface area contributed by atoms with Gasteiger partial charge in [0.1, 0.15) is 0 Å². The number of aromatic nitrogens is 1. The summed E-state index contributed by atoms with van der Waals surface area (Å²) in [6, 6.07) is 4.90. The van der Waals surface area contributed by atoms with Gasteiger partial charge in [-0.15, -0.1) is 0 Å². The SMILES string of the molecule is O=C(O)c1ccc(CNCc2csc(=O)[nH]2)c(Br)c1. The first-order valence-corrected chi connectivity index (χ1v) is 7.12. The van der Waals surface area contributed by atoms with Gasteiger partial charge < -0.3 is 15.4 Å². The number of carbonyl (C=O) groups is 1. The molecule has 1 aromatic heterocycles. The monoisotopic (exact) mass is 342 g/mol. The van der Waals surface area contributed by atoms with Crippen molar-refractivity contribution in [3.8, 4) is 0 Å². The lowest BCUT2D eigenvalue weighted by atomic mass is 10.1.